The van der Waals surface area contributed by atoms with Crippen LogP contribution in [-0.2, 0) is 18.9 Å². The minimum Gasteiger partial charge on any atom is -0.388 e. The summed E-state index contributed by atoms with van der Waals surface area (Å²) in [6, 6.07) is -6.00. The fraction of sp³-hybridized carbons (Fsp3) is 1.00. The van der Waals surface area contributed by atoms with E-state index in [2.05, 4.69) is 0 Å². The molecule has 2 aliphatic heterocycles. The molecule has 0 spiro atoms. The molecule has 0 aromatic heterocycles. The van der Waals surface area contributed by atoms with Crippen molar-refractivity contribution in [1.29, 1.82) is 0 Å². The number of nitrogens with one attached hydrogen (secondary N) is 4. The topological polar surface area (TPSA) is 149 Å². The second-order valence-corrected chi connectivity index (χ2v) is 10.1. The maximum atomic E-state index is 14.0. The zero-order chi connectivity index (χ0) is 27.5. The van der Waals surface area contributed by atoms with Crippen LogP contribution in [-0.4, -0.2) is 113 Å². The molecule has 3 fully saturated rings. The molecule has 2 heterocycles. The molecule has 1 aliphatic carbocycles. The lowest BCUT2D eigenvalue weighted by Gasteiger charge is -2.49. The van der Waals surface area contributed by atoms with E-state index in [4.69, 9.17) is 18.9 Å². The van der Waals surface area contributed by atoms with Crippen molar-refractivity contribution in [3.63, 3.8) is 0 Å². The van der Waals surface area contributed by atoms with Crippen LogP contribution in [0, 0.1) is 0 Å². The van der Waals surface area contributed by atoms with Gasteiger partial charge in [-0.15, -0.1) is 27.5 Å². The van der Waals surface area contributed by atoms with Crippen LogP contribution in [0.4, 0.5) is 22.4 Å². The van der Waals surface area contributed by atoms with Crippen LogP contribution in [0.1, 0.15) is 33.1 Å². The van der Waals surface area contributed by atoms with Crippen LogP contribution < -0.4 is 22.2 Å². The van der Waals surface area contributed by atoms with Crippen LogP contribution in [0.25, 0.3) is 0 Å². The van der Waals surface area contributed by atoms with Gasteiger partial charge >= 0.3 is 0 Å². The number of rotatable bonds is 10. The SMILES string of the molecule is CC(NF)C1CCC(NF)C(OC2C(NF)CC(NF)C(OC3OCC(C)(O)C(N(C)F)C3O)C2O)O1. The van der Waals surface area contributed by atoms with Gasteiger partial charge in [-0.3, -0.25) is 0 Å². The van der Waals surface area contributed by atoms with Gasteiger partial charge in [0.2, 0.25) is 0 Å². The highest BCUT2D eigenvalue weighted by Crippen LogP contribution is 2.34. The van der Waals surface area contributed by atoms with Gasteiger partial charge in [0.1, 0.15) is 36.1 Å². The number of hydrogen-bond acceptors (Lipinski definition) is 12. The number of hydrogen-bond donors (Lipinski definition) is 7. The van der Waals surface area contributed by atoms with E-state index >= 15 is 0 Å². The molecular formula is C20H36F5N5O7. The predicted molar refractivity (Wildman–Crippen MR) is 115 cm³/mol. The highest BCUT2D eigenvalue weighted by molar-refractivity contribution is 5.02. The molecule has 2 saturated heterocycles. The molecule has 3 aliphatic rings. The lowest BCUT2D eigenvalue weighted by molar-refractivity contribution is -0.327. The van der Waals surface area contributed by atoms with Gasteiger partial charge in [0.05, 0.1) is 36.9 Å². The third kappa shape index (κ3) is 6.67. The van der Waals surface area contributed by atoms with Crippen molar-refractivity contribution in [2.24, 2.45) is 0 Å². The summed E-state index contributed by atoms with van der Waals surface area (Å²) in [7, 11) is 0.972. The third-order valence-electron chi connectivity index (χ3n) is 7.27. The number of aliphatic hydroxyl groups is 3. The van der Waals surface area contributed by atoms with Crippen LogP contribution in [0.15, 0.2) is 0 Å². The lowest BCUT2D eigenvalue weighted by Crippen LogP contribution is -2.68. The minimum absolute atomic E-state index is 0.0783. The summed E-state index contributed by atoms with van der Waals surface area (Å²) < 4.78 is 90.2. The van der Waals surface area contributed by atoms with Gasteiger partial charge < -0.3 is 34.3 Å². The van der Waals surface area contributed by atoms with Crippen molar-refractivity contribution in [3.8, 4) is 0 Å². The van der Waals surface area contributed by atoms with E-state index in [-0.39, 0.29) is 24.4 Å². The molecule has 7 N–H and O–H groups in total. The highest BCUT2D eigenvalue weighted by Gasteiger charge is 2.54. The van der Waals surface area contributed by atoms with Crippen molar-refractivity contribution >= 4 is 0 Å². The van der Waals surface area contributed by atoms with Crippen LogP contribution in [0.2, 0.25) is 0 Å². The average molecular weight is 554 g/mol. The Hall–Kier alpha value is -0.830. The zero-order valence-corrected chi connectivity index (χ0v) is 20.6. The summed E-state index contributed by atoms with van der Waals surface area (Å²) in [6.45, 7) is 2.26. The molecule has 13 atom stereocenters. The number of aliphatic hydroxyl groups excluding tert-OH is 2. The number of halogens is 5. The van der Waals surface area contributed by atoms with Crippen molar-refractivity contribution in [1.82, 2.24) is 27.3 Å². The Kier molecular flexibility index (Phi) is 10.8. The second kappa shape index (κ2) is 13.0. The summed E-state index contributed by atoms with van der Waals surface area (Å²) in [4.78, 5) is 0. The number of ether oxygens (including phenoxy) is 4. The van der Waals surface area contributed by atoms with E-state index < -0.39 is 85.5 Å². The Balaban J connectivity index is 1.79. The van der Waals surface area contributed by atoms with Gasteiger partial charge in [0.25, 0.3) is 0 Å². The summed E-state index contributed by atoms with van der Waals surface area (Å²) in [5.41, 5.74) is 4.07. The van der Waals surface area contributed by atoms with E-state index in [1.54, 1.807) is 0 Å². The van der Waals surface area contributed by atoms with Crippen molar-refractivity contribution in [3.05, 3.63) is 0 Å². The molecule has 13 unspecified atom stereocenters. The molecule has 218 valence electrons. The Bertz CT molecular complexity index is 722. The zero-order valence-electron chi connectivity index (χ0n) is 20.6. The first-order valence-electron chi connectivity index (χ1n) is 12.0. The summed E-state index contributed by atoms with van der Waals surface area (Å²) in [6.07, 6.45) is -10.3. The van der Waals surface area contributed by atoms with Gasteiger partial charge in [-0.25, -0.2) is 0 Å². The molecule has 37 heavy (non-hydrogen) atoms. The molecule has 0 radical (unpaired) electrons. The Morgan fingerprint density at radius 2 is 1.51 bits per heavy atom. The van der Waals surface area contributed by atoms with E-state index in [9.17, 15) is 37.7 Å². The van der Waals surface area contributed by atoms with Gasteiger partial charge in [0, 0.05) is 7.05 Å². The van der Waals surface area contributed by atoms with Gasteiger partial charge in [-0.05, 0) is 33.1 Å². The summed E-state index contributed by atoms with van der Waals surface area (Å²) in [5, 5.41) is 32.1. The fourth-order valence-electron chi connectivity index (χ4n) is 5.23. The Morgan fingerprint density at radius 3 is 2.03 bits per heavy atom. The van der Waals surface area contributed by atoms with Gasteiger partial charge in [0.15, 0.2) is 12.6 Å². The summed E-state index contributed by atoms with van der Waals surface area (Å²) in [5.74, 6) is 0. The summed E-state index contributed by atoms with van der Waals surface area (Å²) >= 11 is 0. The number of likely N-dealkylation sites (N-methyl/N-ethyl adjacent to an activating group) is 1. The maximum absolute atomic E-state index is 14.0. The first-order chi connectivity index (χ1) is 17.5. The van der Waals surface area contributed by atoms with Crippen LogP contribution in [0.3, 0.4) is 0 Å². The molecule has 17 heteroatoms. The average Bonchev–Trinajstić information content (AvgIpc) is 2.86. The van der Waals surface area contributed by atoms with E-state index in [1.165, 1.54) is 36.0 Å². The van der Waals surface area contributed by atoms with Crippen LogP contribution >= 0.6 is 0 Å². The fourth-order valence-corrected chi connectivity index (χ4v) is 5.23. The molecule has 0 aromatic rings. The van der Waals surface area contributed by atoms with E-state index in [1.807, 2.05) is 0 Å². The molecule has 12 nitrogen and oxygen atoms in total. The maximum Gasteiger partial charge on any atom is 0.185 e. The normalized spacial score (nSPS) is 46.2. The van der Waals surface area contributed by atoms with Gasteiger partial charge in [-0.2, -0.15) is 22.2 Å². The van der Waals surface area contributed by atoms with Crippen molar-refractivity contribution < 1.29 is 56.7 Å². The van der Waals surface area contributed by atoms with E-state index in [0.29, 0.717) is 0 Å². The highest BCUT2D eigenvalue weighted by atomic mass is 19.2. The molecule has 3 rings (SSSR count). The minimum atomic E-state index is -1.81. The Morgan fingerprint density at radius 1 is 0.946 bits per heavy atom. The third-order valence-corrected chi connectivity index (χ3v) is 7.27. The molecule has 1 saturated carbocycles. The quantitative estimate of drug-likeness (QED) is 0.132. The monoisotopic (exact) mass is 553 g/mol. The Labute approximate surface area is 210 Å². The first kappa shape index (κ1) is 30.7. The molecule has 0 amide bonds. The molecular weight excluding hydrogens is 517 g/mol. The van der Waals surface area contributed by atoms with Gasteiger partial charge in [-0.1, -0.05) is 0 Å². The van der Waals surface area contributed by atoms with Crippen molar-refractivity contribution in [2.45, 2.75) is 112 Å². The largest absolute Gasteiger partial charge is 0.388 e. The lowest BCUT2D eigenvalue weighted by atomic mass is 9.83. The standard InChI is InChI=1S/C20H36F5N5O7/c1-8(26-21)12-5-4-9(27-22)18(35-12)36-15-10(28-23)6-11(29-24)16(13(15)31)37-19-14(32)17(30(3)25)20(2,33)7-34-19/h8-19,26-29,31-33H,4-7H2,1-3H3. The predicted octanol–water partition coefficient (Wildman–Crippen LogP) is -0.930. The number of nitrogens with zero attached hydrogens (tertiary/aromatic N) is 1. The molecule has 0 bridgehead atoms. The van der Waals surface area contributed by atoms with E-state index in [0.717, 1.165) is 7.05 Å². The van der Waals surface area contributed by atoms with Crippen LogP contribution in [0.5, 0.6) is 0 Å². The molecule has 0 aromatic carbocycles. The first-order valence-corrected chi connectivity index (χ1v) is 12.0. The van der Waals surface area contributed by atoms with Crippen molar-refractivity contribution in [2.75, 3.05) is 13.7 Å². The second-order valence-electron chi connectivity index (χ2n) is 10.1. The smallest absolute Gasteiger partial charge is 0.185 e.